The van der Waals surface area contributed by atoms with Crippen LogP contribution in [-0.2, 0) is 4.84 Å². The lowest BCUT2D eigenvalue weighted by Gasteiger charge is -2.09. The second kappa shape index (κ2) is 6.81. The molecule has 1 aromatic carbocycles. The molecule has 0 saturated carbocycles. The molecule has 6 nitrogen and oxygen atoms in total. The molecule has 2 aromatic rings. The largest absolute Gasteiger partial charge is 0.299 e. The summed E-state index contributed by atoms with van der Waals surface area (Å²) in [6.07, 6.45) is 1.60. The number of rotatable bonds is 3. The van der Waals surface area contributed by atoms with Crippen molar-refractivity contribution in [1.29, 1.82) is 0 Å². The summed E-state index contributed by atoms with van der Waals surface area (Å²) in [6, 6.07) is 7.60. The highest BCUT2D eigenvalue weighted by molar-refractivity contribution is 5.91. The van der Waals surface area contributed by atoms with Crippen molar-refractivity contribution in [3.05, 3.63) is 57.5 Å². The number of hydroxylamine groups is 1. The zero-order chi connectivity index (χ0) is 14.7. The zero-order valence-corrected chi connectivity index (χ0v) is 11.5. The van der Waals surface area contributed by atoms with Crippen molar-refractivity contribution in [2.24, 2.45) is 0 Å². The molecule has 2 rings (SSSR count). The molecule has 0 saturated heterocycles. The Bertz CT molecular complexity index is 708. The Hall–Kier alpha value is -2.47. The van der Waals surface area contributed by atoms with Crippen LogP contribution in [0, 0.1) is 13.8 Å². The standard InChI is InChI=1S/C14H15N3O3.CH4/c1-9-5-4-6-11(7-9)17-8-10(2)13(18)12(15-17)14(19)16-20-3;/h4-8H,1-3H3,(H,16,19);1H4. The number of amides is 1. The molecule has 0 aliphatic carbocycles. The van der Waals surface area contributed by atoms with Crippen LogP contribution >= 0.6 is 0 Å². The van der Waals surface area contributed by atoms with Gasteiger partial charge in [-0.2, -0.15) is 5.10 Å². The Balaban J connectivity index is 0.00000220. The van der Waals surface area contributed by atoms with E-state index < -0.39 is 11.3 Å². The summed E-state index contributed by atoms with van der Waals surface area (Å²) in [5, 5.41) is 4.08. The number of carbonyl (C=O) groups excluding carboxylic acids is 1. The number of benzene rings is 1. The van der Waals surface area contributed by atoms with Gasteiger partial charge in [0, 0.05) is 11.8 Å². The minimum absolute atomic E-state index is 0. The molecule has 1 heterocycles. The topological polar surface area (TPSA) is 73.2 Å². The Kier molecular flexibility index (Phi) is 5.37. The molecule has 1 aromatic heterocycles. The molecule has 21 heavy (non-hydrogen) atoms. The van der Waals surface area contributed by atoms with Crippen LogP contribution < -0.4 is 10.9 Å². The van der Waals surface area contributed by atoms with Gasteiger partial charge in [0.2, 0.25) is 5.43 Å². The Morgan fingerprint density at radius 3 is 2.67 bits per heavy atom. The highest BCUT2D eigenvalue weighted by Gasteiger charge is 2.15. The van der Waals surface area contributed by atoms with Gasteiger partial charge in [0.15, 0.2) is 5.69 Å². The molecule has 6 heteroatoms. The maximum Gasteiger partial charge on any atom is 0.299 e. The van der Waals surface area contributed by atoms with E-state index in [-0.39, 0.29) is 13.1 Å². The first-order valence-electron chi connectivity index (χ1n) is 6.04. The first-order valence-corrected chi connectivity index (χ1v) is 6.04. The van der Waals surface area contributed by atoms with Crippen LogP contribution in [0.1, 0.15) is 29.0 Å². The summed E-state index contributed by atoms with van der Waals surface area (Å²) < 4.78 is 1.51. The average Bonchev–Trinajstić information content (AvgIpc) is 2.42. The highest BCUT2D eigenvalue weighted by atomic mass is 16.6. The molecule has 0 spiro atoms. The van der Waals surface area contributed by atoms with Gasteiger partial charge < -0.3 is 0 Å². The lowest BCUT2D eigenvalue weighted by Crippen LogP contribution is -2.31. The van der Waals surface area contributed by atoms with E-state index in [1.54, 1.807) is 13.1 Å². The SMILES string of the molecule is C.CONC(=O)c1nn(-c2cccc(C)c2)cc(C)c1=O. The molecule has 112 valence electrons. The van der Waals surface area contributed by atoms with Crippen LogP contribution in [0.15, 0.2) is 35.3 Å². The number of aromatic nitrogens is 2. The Morgan fingerprint density at radius 2 is 2.05 bits per heavy atom. The molecule has 1 amide bonds. The maximum atomic E-state index is 11.9. The fourth-order valence-electron chi connectivity index (χ4n) is 1.80. The van der Waals surface area contributed by atoms with E-state index in [2.05, 4.69) is 15.4 Å². The number of hydrogen-bond donors (Lipinski definition) is 1. The molecule has 0 fully saturated rings. The first-order chi connectivity index (χ1) is 9.52. The van der Waals surface area contributed by atoms with Crippen molar-refractivity contribution >= 4 is 5.91 Å². The zero-order valence-electron chi connectivity index (χ0n) is 11.5. The fourth-order valence-corrected chi connectivity index (χ4v) is 1.80. The van der Waals surface area contributed by atoms with E-state index in [1.807, 2.05) is 31.2 Å². The fraction of sp³-hybridized carbons (Fsp3) is 0.267. The second-order valence-corrected chi connectivity index (χ2v) is 4.41. The molecule has 0 unspecified atom stereocenters. The lowest BCUT2D eigenvalue weighted by molar-refractivity contribution is 0.0529. The molecule has 0 aliphatic rings. The Labute approximate surface area is 123 Å². The smallest absolute Gasteiger partial charge is 0.287 e. The number of aryl methyl sites for hydroxylation is 2. The quantitative estimate of drug-likeness (QED) is 0.874. The van der Waals surface area contributed by atoms with Gasteiger partial charge in [-0.3, -0.25) is 14.4 Å². The van der Waals surface area contributed by atoms with E-state index in [4.69, 9.17) is 0 Å². The average molecular weight is 289 g/mol. The lowest BCUT2D eigenvalue weighted by atomic mass is 10.2. The Morgan fingerprint density at radius 1 is 1.33 bits per heavy atom. The normalized spacial score (nSPS) is 9.86. The summed E-state index contributed by atoms with van der Waals surface area (Å²) in [4.78, 5) is 28.2. The summed E-state index contributed by atoms with van der Waals surface area (Å²) in [5.74, 6) is -0.664. The molecule has 0 aliphatic heterocycles. The number of carbonyl (C=O) groups is 1. The van der Waals surface area contributed by atoms with E-state index in [9.17, 15) is 9.59 Å². The third kappa shape index (κ3) is 3.55. The van der Waals surface area contributed by atoms with Gasteiger partial charge in [-0.15, -0.1) is 0 Å². The van der Waals surface area contributed by atoms with Gasteiger partial charge >= 0.3 is 0 Å². The monoisotopic (exact) mass is 289 g/mol. The second-order valence-electron chi connectivity index (χ2n) is 4.41. The van der Waals surface area contributed by atoms with Gasteiger partial charge in [-0.25, -0.2) is 10.2 Å². The third-order valence-corrected chi connectivity index (χ3v) is 2.77. The van der Waals surface area contributed by atoms with Crippen LogP contribution in [0.5, 0.6) is 0 Å². The van der Waals surface area contributed by atoms with Crippen LogP contribution in [-0.4, -0.2) is 22.8 Å². The minimum Gasteiger partial charge on any atom is -0.287 e. The van der Waals surface area contributed by atoms with Crippen molar-refractivity contribution in [1.82, 2.24) is 15.3 Å². The van der Waals surface area contributed by atoms with E-state index in [0.717, 1.165) is 11.3 Å². The number of nitrogens with one attached hydrogen (secondary N) is 1. The van der Waals surface area contributed by atoms with Gasteiger partial charge in [0.05, 0.1) is 12.8 Å². The first kappa shape index (κ1) is 16.6. The minimum atomic E-state index is -0.664. The molecular weight excluding hydrogens is 270 g/mol. The van der Waals surface area contributed by atoms with Crippen molar-refractivity contribution in [2.75, 3.05) is 7.11 Å². The van der Waals surface area contributed by atoms with Crippen molar-refractivity contribution < 1.29 is 9.63 Å². The van der Waals surface area contributed by atoms with Gasteiger partial charge in [0.25, 0.3) is 5.91 Å². The van der Waals surface area contributed by atoms with E-state index in [1.165, 1.54) is 11.8 Å². The van der Waals surface area contributed by atoms with Gasteiger partial charge in [-0.1, -0.05) is 19.6 Å². The van der Waals surface area contributed by atoms with Crippen LogP contribution in [0.2, 0.25) is 0 Å². The molecular formula is C15H19N3O3. The molecule has 0 radical (unpaired) electrons. The van der Waals surface area contributed by atoms with E-state index in [0.29, 0.717) is 5.56 Å². The summed E-state index contributed by atoms with van der Waals surface area (Å²) in [6.45, 7) is 3.59. The molecule has 0 bridgehead atoms. The molecule has 1 N–H and O–H groups in total. The molecule has 0 atom stereocenters. The summed E-state index contributed by atoms with van der Waals surface area (Å²) >= 11 is 0. The van der Waals surface area contributed by atoms with Crippen LogP contribution in [0.25, 0.3) is 5.69 Å². The number of nitrogens with zero attached hydrogens (tertiary/aromatic N) is 2. The van der Waals surface area contributed by atoms with Crippen LogP contribution in [0.3, 0.4) is 0 Å². The van der Waals surface area contributed by atoms with Crippen molar-refractivity contribution in [3.8, 4) is 5.69 Å². The van der Waals surface area contributed by atoms with Crippen LogP contribution in [0.4, 0.5) is 0 Å². The van der Waals surface area contributed by atoms with Gasteiger partial charge in [-0.05, 0) is 31.5 Å². The van der Waals surface area contributed by atoms with Gasteiger partial charge in [0.1, 0.15) is 0 Å². The third-order valence-electron chi connectivity index (χ3n) is 2.77. The predicted octanol–water partition coefficient (Wildman–Crippen LogP) is 1.78. The number of hydrogen-bond acceptors (Lipinski definition) is 4. The van der Waals surface area contributed by atoms with Crippen molar-refractivity contribution in [2.45, 2.75) is 21.3 Å². The van der Waals surface area contributed by atoms with E-state index >= 15 is 0 Å². The highest BCUT2D eigenvalue weighted by Crippen LogP contribution is 2.09. The predicted molar refractivity (Wildman–Crippen MR) is 80.5 cm³/mol. The summed E-state index contributed by atoms with van der Waals surface area (Å²) in [5.41, 5.74) is 3.76. The summed E-state index contributed by atoms with van der Waals surface area (Å²) in [7, 11) is 1.30. The maximum absolute atomic E-state index is 11.9. The van der Waals surface area contributed by atoms with Crippen molar-refractivity contribution in [3.63, 3.8) is 0 Å².